The maximum Gasteiger partial charge on any atom is 0.338 e. The number of carbonyl (C=O) groups is 3. The van der Waals surface area contributed by atoms with Gasteiger partial charge in [-0.05, 0) is 48.9 Å². The van der Waals surface area contributed by atoms with Crippen molar-refractivity contribution in [1.82, 2.24) is 0 Å². The van der Waals surface area contributed by atoms with Gasteiger partial charge < -0.3 is 24.4 Å². The number of nitrogens with one attached hydrogen (secondary N) is 1. The fourth-order valence-electron chi connectivity index (χ4n) is 3.08. The third-order valence-electron chi connectivity index (χ3n) is 4.48. The van der Waals surface area contributed by atoms with Crippen molar-refractivity contribution in [3.8, 4) is 11.5 Å². The van der Waals surface area contributed by atoms with Gasteiger partial charge in [-0.3, -0.25) is 9.59 Å². The van der Waals surface area contributed by atoms with Crippen LogP contribution < -0.4 is 19.7 Å². The van der Waals surface area contributed by atoms with Gasteiger partial charge in [0.1, 0.15) is 0 Å². The van der Waals surface area contributed by atoms with Crippen molar-refractivity contribution in [2.24, 2.45) is 0 Å². The molecule has 2 amide bonds. The number of esters is 1. The van der Waals surface area contributed by atoms with Crippen LogP contribution in [0.5, 0.6) is 11.5 Å². The Morgan fingerprint density at radius 3 is 2.61 bits per heavy atom. The van der Waals surface area contributed by atoms with Crippen LogP contribution in [0.3, 0.4) is 0 Å². The topological polar surface area (TPSA) is 94.2 Å². The Labute approximate surface area is 161 Å². The number of amides is 2. The van der Waals surface area contributed by atoms with Crippen molar-refractivity contribution in [2.45, 2.75) is 12.8 Å². The Morgan fingerprint density at radius 2 is 1.86 bits per heavy atom. The van der Waals surface area contributed by atoms with Gasteiger partial charge in [0.2, 0.25) is 12.7 Å². The lowest BCUT2D eigenvalue weighted by Crippen LogP contribution is -2.23. The minimum atomic E-state index is -0.628. The van der Waals surface area contributed by atoms with Crippen LogP contribution in [0.2, 0.25) is 0 Å². The summed E-state index contributed by atoms with van der Waals surface area (Å²) in [4.78, 5) is 37.6. The molecule has 144 valence electrons. The summed E-state index contributed by atoms with van der Waals surface area (Å²) >= 11 is 0. The first-order chi connectivity index (χ1) is 13.6. The van der Waals surface area contributed by atoms with Crippen LogP contribution in [0, 0.1) is 0 Å². The quantitative estimate of drug-likeness (QED) is 0.798. The van der Waals surface area contributed by atoms with Gasteiger partial charge in [0, 0.05) is 24.3 Å². The summed E-state index contributed by atoms with van der Waals surface area (Å²) in [6.45, 7) is 0.404. The van der Waals surface area contributed by atoms with E-state index in [0.717, 1.165) is 12.1 Å². The number of rotatable bonds is 5. The van der Waals surface area contributed by atoms with E-state index in [1.807, 2.05) is 0 Å². The van der Waals surface area contributed by atoms with E-state index in [9.17, 15) is 14.4 Å². The largest absolute Gasteiger partial charge is 0.454 e. The Morgan fingerprint density at radius 1 is 1.07 bits per heavy atom. The molecule has 2 aromatic rings. The molecular weight excluding hydrogens is 364 g/mol. The summed E-state index contributed by atoms with van der Waals surface area (Å²) in [6.07, 6.45) is 1.42. The predicted octanol–water partition coefficient (Wildman–Crippen LogP) is 2.34. The molecule has 4 rings (SSSR count). The van der Waals surface area contributed by atoms with E-state index in [4.69, 9.17) is 14.2 Å². The van der Waals surface area contributed by atoms with E-state index in [1.54, 1.807) is 41.3 Å². The number of fused-ring (bicyclic) bond motifs is 1. The predicted molar refractivity (Wildman–Crippen MR) is 99.5 cm³/mol. The zero-order valence-corrected chi connectivity index (χ0v) is 15.0. The Bertz CT molecular complexity index is 925. The minimum absolute atomic E-state index is 0.104. The Balaban J connectivity index is 1.29. The molecule has 2 aromatic carbocycles. The molecule has 28 heavy (non-hydrogen) atoms. The van der Waals surface area contributed by atoms with Crippen molar-refractivity contribution in [2.75, 3.05) is 30.2 Å². The fraction of sp³-hybridized carbons (Fsp3) is 0.250. The number of hydrogen-bond donors (Lipinski definition) is 1. The van der Waals surface area contributed by atoms with Crippen LogP contribution >= 0.6 is 0 Å². The van der Waals surface area contributed by atoms with E-state index >= 15 is 0 Å². The minimum Gasteiger partial charge on any atom is -0.454 e. The van der Waals surface area contributed by atoms with Crippen molar-refractivity contribution in [1.29, 1.82) is 0 Å². The second-order valence-electron chi connectivity index (χ2n) is 6.39. The number of hydrogen-bond acceptors (Lipinski definition) is 6. The second-order valence-corrected chi connectivity index (χ2v) is 6.39. The van der Waals surface area contributed by atoms with Crippen molar-refractivity contribution >= 4 is 29.2 Å². The van der Waals surface area contributed by atoms with Gasteiger partial charge in [-0.2, -0.15) is 0 Å². The molecule has 0 bridgehead atoms. The van der Waals surface area contributed by atoms with Gasteiger partial charge in [0.15, 0.2) is 18.1 Å². The first-order valence-electron chi connectivity index (χ1n) is 8.87. The van der Waals surface area contributed by atoms with E-state index in [0.29, 0.717) is 30.2 Å². The molecule has 0 spiro atoms. The molecule has 1 fully saturated rings. The Hall–Kier alpha value is -3.55. The van der Waals surface area contributed by atoms with E-state index < -0.39 is 18.5 Å². The summed E-state index contributed by atoms with van der Waals surface area (Å²) in [5, 5.41) is 2.66. The molecule has 0 saturated carbocycles. The molecule has 0 radical (unpaired) electrons. The van der Waals surface area contributed by atoms with Crippen LogP contribution in [-0.4, -0.2) is 37.7 Å². The molecule has 0 unspecified atom stereocenters. The third kappa shape index (κ3) is 3.75. The SMILES string of the molecule is O=C(COC(=O)c1ccc2c(c1)OCO2)Nc1ccc(N2CCCC2=O)cc1. The average molecular weight is 382 g/mol. The number of ether oxygens (including phenoxy) is 3. The highest BCUT2D eigenvalue weighted by molar-refractivity contribution is 5.97. The number of nitrogens with zero attached hydrogens (tertiary/aromatic N) is 1. The molecular formula is C20H18N2O6. The first-order valence-corrected chi connectivity index (χ1v) is 8.87. The lowest BCUT2D eigenvalue weighted by Gasteiger charge is -2.16. The summed E-state index contributed by atoms with van der Waals surface area (Å²) in [6, 6.07) is 11.6. The fourth-order valence-corrected chi connectivity index (χ4v) is 3.08. The third-order valence-corrected chi connectivity index (χ3v) is 4.48. The van der Waals surface area contributed by atoms with Gasteiger partial charge >= 0.3 is 5.97 Å². The van der Waals surface area contributed by atoms with E-state index in [-0.39, 0.29) is 18.3 Å². The molecule has 1 N–H and O–H groups in total. The van der Waals surface area contributed by atoms with Crippen LogP contribution in [0.15, 0.2) is 42.5 Å². The van der Waals surface area contributed by atoms with Crippen LogP contribution in [0.1, 0.15) is 23.2 Å². The van der Waals surface area contributed by atoms with Gasteiger partial charge in [-0.15, -0.1) is 0 Å². The number of carbonyl (C=O) groups excluding carboxylic acids is 3. The molecule has 0 atom stereocenters. The first kappa shape index (κ1) is 17.8. The lowest BCUT2D eigenvalue weighted by atomic mass is 10.2. The van der Waals surface area contributed by atoms with Crippen LogP contribution in [0.4, 0.5) is 11.4 Å². The molecule has 1 saturated heterocycles. The maximum atomic E-state index is 12.1. The lowest BCUT2D eigenvalue weighted by molar-refractivity contribution is -0.119. The molecule has 8 nitrogen and oxygen atoms in total. The molecule has 0 aliphatic carbocycles. The monoisotopic (exact) mass is 382 g/mol. The molecule has 2 heterocycles. The highest BCUT2D eigenvalue weighted by Crippen LogP contribution is 2.32. The molecule has 2 aliphatic heterocycles. The van der Waals surface area contributed by atoms with Crippen LogP contribution in [0.25, 0.3) is 0 Å². The normalized spacial score (nSPS) is 14.9. The summed E-state index contributed by atoms with van der Waals surface area (Å²) in [5.41, 5.74) is 1.63. The van der Waals surface area contributed by atoms with Gasteiger partial charge in [-0.25, -0.2) is 4.79 Å². The maximum absolute atomic E-state index is 12.1. The van der Waals surface area contributed by atoms with Crippen molar-refractivity contribution in [3.63, 3.8) is 0 Å². The van der Waals surface area contributed by atoms with Crippen molar-refractivity contribution < 1.29 is 28.6 Å². The van der Waals surface area contributed by atoms with Crippen molar-refractivity contribution in [3.05, 3.63) is 48.0 Å². The summed E-state index contributed by atoms with van der Waals surface area (Å²) in [5.74, 6) is 0.0477. The summed E-state index contributed by atoms with van der Waals surface area (Å²) < 4.78 is 15.4. The summed E-state index contributed by atoms with van der Waals surface area (Å²) in [7, 11) is 0. The smallest absolute Gasteiger partial charge is 0.338 e. The zero-order valence-electron chi connectivity index (χ0n) is 15.0. The van der Waals surface area contributed by atoms with E-state index in [1.165, 1.54) is 6.07 Å². The average Bonchev–Trinajstić information content (AvgIpc) is 3.35. The molecule has 2 aliphatic rings. The Kier molecular flexibility index (Phi) is 4.84. The van der Waals surface area contributed by atoms with Crippen LogP contribution in [-0.2, 0) is 14.3 Å². The molecule has 8 heteroatoms. The van der Waals surface area contributed by atoms with Gasteiger partial charge in [-0.1, -0.05) is 0 Å². The highest BCUT2D eigenvalue weighted by atomic mass is 16.7. The van der Waals surface area contributed by atoms with E-state index in [2.05, 4.69) is 5.32 Å². The number of benzene rings is 2. The standard InChI is InChI=1S/C20H18N2O6/c23-18(11-26-20(25)13-3-8-16-17(10-13)28-12-27-16)21-14-4-6-15(7-5-14)22-9-1-2-19(22)24/h3-8,10H,1-2,9,11-12H2,(H,21,23). The zero-order chi connectivity index (χ0) is 19.5. The number of anilines is 2. The highest BCUT2D eigenvalue weighted by Gasteiger charge is 2.21. The van der Waals surface area contributed by atoms with Gasteiger partial charge in [0.25, 0.3) is 5.91 Å². The van der Waals surface area contributed by atoms with Gasteiger partial charge in [0.05, 0.1) is 5.56 Å². The second kappa shape index (κ2) is 7.59. The molecule has 0 aromatic heterocycles.